The molecule has 0 aliphatic carbocycles. The van der Waals surface area contributed by atoms with Gasteiger partial charge in [0.15, 0.2) is 0 Å². The summed E-state index contributed by atoms with van der Waals surface area (Å²) in [5, 5.41) is 0. The summed E-state index contributed by atoms with van der Waals surface area (Å²) in [5.41, 5.74) is 1.36. The SMILES string of the molecule is CC(C)C(Cc1cccnc1)C(C)C. The van der Waals surface area contributed by atoms with Crippen LogP contribution in [0.5, 0.6) is 0 Å². The maximum Gasteiger partial charge on any atom is 0.0299 e. The van der Waals surface area contributed by atoms with E-state index >= 15 is 0 Å². The first-order valence-corrected chi connectivity index (χ1v) is 5.50. The molecule has 1 heteroatoms. The first-order valence-electron chi connectivity index (χ1n) is 5.50. The highest BCUT2D eigenvalue weighted by molar-refractivity contribution is 5.09. The van der Waals surface area contributed by atoms with E-state index in [2.05, 4.69) is 38.7 Å². The van der Waals surface area contributed by atoms with Gasteiger partial charge in [0.1, 0.15) is 0 Å². The van der Waals surface area contributed by atoms with E-state index in [4.69, 9.17) is 0 Å². The van der Waals surface area contributed by atoms with Gasteiger partial charge < -0.3 is 0 Å². The third-order valence-corrected chi connectivity index (χ3v) is 2.91. The van der Waals surface area contributed by atoms with E-state index in [1.54, 1.807) is 0 Å². The molecule has 1 heterocycles. The van der Waals surface area contributed by atoms with Gasteiger partial charge in [-0.3, -0.25) is 4.98 Å². The molecule has 1 nitrogen and oxygen atoms in total. The van der Waals surface area contributed by atoms with Crippen molar-refractivity contribution in [3.8, 4) is 0 Å². The van der Waals surface area contributed by atoms with Crippen LogP contribution in [0.3, 0.4) is 0 Å². The van der Waals surface area contributed by atoms with Gasteiger partial charge in [0.2, 0.25) is 0 Å². The van der Waals surface area contributed by atoms with Crippen molar-refractivity contribution in [3.63, 3.8) is 0 Å². The lowest BCUT2D eigenvalue weighted by Crippen LogP contribution is -2.18. The Bertz CT molecular complexity index is 243. The molecule has 0 aromatic carbocycles. The lowest BCUT2D eigenvalue weighted by atomic mass is 9.81. The minimum absolute atomic E-state index is 0.746. The molecule has 0 radical (unpaired) electrons. The summed E-state index contributed by atoms with van der Waals surface area (Å²) < 4.78 is 0. The summed E-state index contributed by atoms with van der Waals surface area (Å²) in [6.45, 7) is 9.23. The Kier molecular flexibility index (Phi) is 4.12. The van der Waals surface area contributed by atoms with Gasteiger partial charge in [0, 0.05) is 12.4 Å². The first-order chi connectivity index (χ1) is 6.61. The maximum atomic E-state index is 4.16. The molecule has 0 amide bonds. The fourth-order valence-corrected chi connectivity index (χ4v) is 2.03. The molecule has 1 aromatic heterocycles. The van der Waals surface area contributed by atoms with E-state index in [0.717, 1.165) is 24.2 Å². The molecule has 0 aliphatic rings. The highest BCUT2D eigenvalue weighted by Crippen LogP contribution is 2.24. The Balaban J connectivity index is 2.65. The van der Waals surface area contributed by atoms with Crippen molar-refractivity contribution >= 4 is 0 Å². The molecule has 78 valence electrons. The van der Waals surface area contributed by atoms with Crippen LogP contribution in [0.1, 0.15) is 33.3 Å². The highest BCUT2D eigenvalue weighted by Gasteiger charge is 2.17. The van der Waals surface area contributed by atoms with Crippen LogP contribution in [0.2, 0.25) is 0 Å². The fourth-order valence-electron chi connectivity index (χ4n) is 2.03. The largest absolute Gasteiger partial charge is 0.264 e. The predicted octanol–water partition coefficient (Wildman–Crippen LogP) is 3.55. The Morgan fingerprint density at radius 1 is 1.14 bits per heavy atom. The van der Waals surface area contributed by atoms with Crippen LogP contribution in [0.25, 0.3) is 0 Å². The molecule has 1 aromatic rings. The number of hydrogen-bond acceptors (Lipinski definition) is 1. The van der Waals surface area contributed by atoms with E-state index in [-0.39, 0.29) is 0 Å². The van der Waals surface area contributed by atoms with E-state index < -0.39 is 0 Å². The molecule has 14 heavy (non-hydrogen) atoms. The normalized spacial score (nSPS) is 11.6. The minimum atomic E-state index is 0.746. The quantitative estimate of drug-likeness (QED) is 0.709. The first kappa shape index (κ1) is 11.2. The number of nitrogens with zero attached hydrogens (tertiary/aromatic N) is 1. The van der Waals surface area contributed by atoms with Gasteiger partial charge in [0.25, 0.3) is 0 Å². The predicted molar refractivity (Wildman–Crippen MR) is 61.1 cm³/mol. The second-order valence-electron chi connectivity index (χ2n) is 4.72. The number of rotatable bonds is 4. The molecule has 0 aliphatic heterocycles. The highest BCUT2D eigenvalue weighted by atomic mass is 14.6. The molecule has 0 saturated heterocycles. The molecule has 0 fully saturated rings. The molecular weight excluding hydrogens is 170 g/mol. The average molecular weight is 191 g/mol. The third kappa shape index (κ3) is 3.13. The third-order valence-electron chi connectivity index (χ3n) is 2.91. The van der Waals surface area contributed by atoms with Crippen LogP contribution in [0, 0.1) is 17.8 Å². The monoisotopic (exact) mass is 191 g/mol. The van der Waals surface area contributed by atoms with Crippen molar-refractivity contribution < 1.29 is 0 Å². The smallest absolute Gasteiger partial charge is 0.0299 e. The summed E-state index contributed by atoms with van der Waals surface area (Å²) in [5.74, 6) is 2.25. The van der Waals surface area contributed by atoms with E-state index in [0.29, 0.717) is 0 Å². The maximum absolute atomic E-state index is 4.16. The lowest BCUT2D eigenvalue weighted by molar-refractivity contribution is 0.286. The zero-order chi connectivity index (χ0) is 10.6. The van der Waals surface area contributed by atoms with Crippen LogP contribution in [-0.2, 0) is 6.42 Å². The van der Waals surface area contributed by atoms with Gasteiger partial charge in [0.05, 0.1) is 0 Å². The van der Waals surface area contributed by atoms with Crippen molar-refractivity contribution in [3.05, 3.63) is 30.1 Å². The van der Waals surface area contributed by atoms with Gasteiger partial charge in [-0.1, -0.05) is 33.8 Å². The number of aromatic nitrogens is 1. The van der Waals surface area contributed by atoms with Crippen molar-refractivity contribution in [2.45, 2.75) is 34.1 Å². The second kappa shape index (κ2) is 5.14. The van der Waals surface area contributed by atoms with Crippen molar-refractivity contribution in [1.82, 2.24) is 4.98 Å². The molecule has 0 spiro atoms. The molecule has 0 N–H and O–H groups in total. The molecule has 0 atom stereocenters. The number of pyridine rings is 1. The van der Waals surface area contributed by atoms with E-state index in [1.807, 2.05) is 18.5 Å². The molecule has 0 bridgehead atoms. The summed E-state index contributed by atoms with van der Waals surface area (Å²) in [7, 11) is 0. The number of hydrogen-bond donors (Lipinski definition) is 0. The standard InChI is InChI=1S/C13H21N/c1-10(2)13(11(3)4)8-12-6-5-7-14-9-12/h5-7,9-11,13H,8H2,1-4H3. The Morgan fingerprint density at radius 3 is 2.21 bits per heavy atom. The van der Waals surface area contributed by atoms with Gasteiger partial charge >= 0.3 is 0 Å². The lowest BCUT2D eigenvalue weighted by Gasteiger charge is -2.24. The summed E-state index contributed by atoms with van der Waals surface area (Å²) in [6, 6.07) is 4.19. The van der Waals surface area contributed by atoms with E-state index in [1.165, 1.54) is 5.56 Å². The zero-order valence-electron chi connectivity index (χ0n) is 9.70. The Labute approximate surface area is 87.6 Å². The van der Waals surface area contributed by atoms with E-state index in [9.17, 15) is 0 Å². The van der Waals surface area contributed by atoms with Gasteiger partial charge in [-0.25, -0.2) is 0 Å². The van der Waals surface area contributed by atoms with Crippen molar-refractivity contribution in [2.24, 2.45) is 17.8 Å². The second-order valence-corrected chi connectivity index (χ2v) is 4.72. The molecule has 0 saturated carbocycles. The summed E-state index contributed by atoms with van der Waals surface area (Å²) >= 11 is 0. The van der Waals surface area contributed by atoms with Crippen LogP contribution in [0.4, 0.5) is 0 Å². The van der Waals surface area contributed by atoms with Gasteiger partial charge in [-0.05, 0) is 35.8 Å². The van der Waals surface area contributed by atoms with Crippen LogP contribution < -0.4 is 0 Å². The van der Waals surface area contributed by atoms with Gasteiger partial charge in [-0.15, -0.1) is 0 Å². The zero-order valence-corrected chi connectivity index (χ0v) is 9.70. The van der Waals surface area contributed by atoms with Crippen molar-refractivity contribution in [2.75, 3.05) is 0 Å². The van der Waals surface area contributed by atoms with Crippen LogP contribution >= 0.6 is 0 Å². The topological polar surface area (TPSA) is 12.9 Å². The average Bonchev–Trinajstić information content (AvgIpc) is 2.15. The molecular formula is C13H21N. The Morgan fingerprint density at radius 2 is 1.79 bits per heavy atom. The van der Waals surface area contributed by atoms with Gasteiger partial charge in [-0.2, -0.15) is 0 Å². The van der Waals surface area contributed by atoms with Crippen LogP contribution in [0.15, 0.2) is 24.5 Å². The fraction of sp³-hybridized carbons (Fsp3) is 0.615. The van der Waals surface area contributed by atoms with Crippen LogP contribution in [-0.4, -0.2) is 4.98 Å². The Hall–Kier alpha value is -0.850. The minimum Gasteiger partial charge on any atom is -0.264 e. The molecule has 0 unspecified atom stereocenters. The molecule has 1 rings (SSSR count). The summed E-state index contributed by atoms with van der Waals surface area (Å²) in [6.07, 6.45) is 4.98. The summed E-state index contributed by atoms with van der Waals surface area (Å²) in [4.78, 5) is 4.16. The van der Waals surface area contributed by atoms with Crippen molar-refractivity contribution in [1.29, 1.82) is 0 Å².